The fourth-order valence-electron chi connectivity index (χ4n) is 4.23. The number of aromatic nitrogens is 1. The summed E-state index contributed by atoms with van der Waals surface area (Å²) >= 11 is 0. The van der Waals surface area contributed by atoms with Crippen molar-refractivity contribution in [3.63, 3.8) is 0 Å². The van der Waals surface area contributed by atoms with Gasteiger partial charge in [-0.2, -0.15) is 0 Å². The van der Waals surface area contributed by atoms with Gasteiger partial charge in [0.1, 0.15) is 23.1 Å². The first-order valence-electron chi connectivity index (χ1n) is 12.2. The van der Waals surface area contributed by atoms with Crippen LogP contribution in [0.4, 0.5) is 15.8 Å². The minimum absolute atomic E-state index is 0.251. The number of hydrogen-bond donors (Lipinski definition) is 3. The Morgan fingerprint density at radius 1 is 0.872 bits per heavy atom. The van der Waals surface area contributed by atoms with E-state index in [1.807, 2.05) is 0 Å². The topological polar surface area (TPSA) is 119 Å². The fraction of sp³-hybridized carbons (Fsp3) is 0.172. The average Bonchev–Trinajstić information content (AvgIpc) is 3.76. The molecular weight excluding hydrogens is 503 g/mol. The van der Waals surface area contributed by atoms with E-state index in [1.165, 1.54) is 31.4 Å². The van der Waals surface area contributed by atoms with Crippen LogP contribution in [0.1, 0.15) is 16.8 Å². The summed E-state index contributed by atoms with van der Waals surface area (Å²) in [5.41, 5.74) is 1.99. The summed E-state index contributed by atoms with van der Waals surface area (Å²) in [6.07, 6.45) is 2.04. The van der Waals surface area contributed by atoms with Crippen molar-refractivity contribution in [2.75, 3.05) is 24.8 Å². The molecule has 1 fully saturated rings. The molecular formula is C29H25FN4O5. The molecule has 1 aliphatic carbocycles. The lowest BCUT2D eigenvalue weighted by atomic mass is 10.1. The van der Waals surface area contributed by atoms with Crippen LogP contribution >= 0.6 is 0 Å². The Bertz CT molecular complexity index is 1560. The predicted molar refractivity (Wildman–Crippen MR) is 143 cm³/mol. The van der Waals surface area contributed by atoms with Gasteiger partial charge in [0.25, 0.3) is 5.91 Å². The van der Waals surface area contributed by atoms with Gasteiger partial charge in [0.05, 0.1) is 30.0 Å². The van der Waals surface area contributed by atoms with Crippen LogP contribution in [0.15, 0.2) is 72.9 Å². The van der Waals surface area contributed by atoms with E-state index in [9.17, 15) is 18.8 Å². The van der Waals surface area contributed by atoms with Crippen LogP contribution in [0.25, 0.3) is 10.9 Å². The zero-order valence-electron chi connectivity index (χ0n) is 21.2. The van der Waals surface area contributed by atoms with Crippen LogP contribution in [0.5, 0.6) is 17.2 Å². The highest BCUT2D eigenvalue weighted by molar-refractivity contribution is 6.03. The number of hydrogen-bond acceptors (Lipinski definition) is 6. The largest absolute Gasteiger partial charge is 0.496 e. The van der Waals surface area contributed by atoms with Crippen molar-refractivity contribution >= 4 is 40.0 Å². The second kappa shape index (κ2) is 10.8. The predicted octanol–water partition coefficient (Wildman–Crippen LogP) is 4.75. The first-order valence-corrected chi connectivity index (χ1v) is 12.2. The molecule has 0 aliphatic heterocycles. The lowest BCUT2D eigenvalue weighted by Gasteiger charge is -2.13. The fourth-order valence-corrected chi connectivity index (χ4v) is 4.23. The Morgan fingerprint density at radius 2 is 1.49 bits per heavy atom. The second-order valence-corrected chi connectivity index (χ2v) is 9.02. The number of fused-ring (bicyclic) bond motifs is 1. The standard InChI is InChI=1S/C29H25FN4O5/c1-31-27(35)23-14-22-24(15-26(23)38-2)32-12-11-25(22)39-19-9-7-18(8-10-19)34-29(37)21-13-20(21)28(36)33-17-5-3-16(30)4-6-17/h3-12,14-15,20-21H,13H2,1-2H3,(H,31,35)(H,33,36)(H,34,37). The zero-order valence-corrected chi connectivity index (χ0v) is 21.2. The van der Waals surface area contributed by atoms with Gasteiger partial charge < -0.3 is 25.4 Å². The number of benzene rings is 3. The number of amides is 3. The Morgan fingerprint density at radius 3 is 2.08 bits per heavy atom. The molecule has 1 aromatic heterocycles. The molecule has 10 heteroatoms. The van der Waals surface area contributed by atoms with Crippen LogP contribution in [-0.4, -0.2) is 36.9 Å². The van der Waals surface area contributed by atoms with Gasteiger partial charge in [0, 0.05) is 36.1 Å². The number of rotatable bonds is 8. The van der Waals surface area contributed by atoms with Crippen molar-refractivity contribution in [1.29, 1.82) is 0 Å². The maximum Gasteiger partial charge on any atom is 0.254 e. The van der Waals surface area contributed by atoms with Gasteiger partial charge in [-0.1, -0.05) is 0 Å². The molecule has 39 heavy (non-hydrogen) atoms. The van der Waals surface area contributed by atoms with Crippen LogP contribution < -0.4 is 25.4 Å². The Kier molecular flexibility index (Phi) is 7.09. The average molecular weight is 529 g/mol. The van der Waals surface area contributed by atoms with Gasteiger partial charge in [-0.05, 0) is 67.1 Å². The molecule has 0 radical (unpaired) electrons. The number of carbonyl (C=O) groups is 3. The minimum atomic E-state index is -0.434. The third kappa shape index (κ3) is 5.64. The molecule has 4 aromatic rings. The summed E-state index contributed by atoms with van der Waals surface area (Å²) in [7, 11) is 3.03. The monoisotopic (exact) mass is 528 g/mol. The van der Waals surface area contributed by atoms with E-state index in [2.05, 4.69) is 20.9 Å². The third-order valence-electron chi connectivity index (χ3n) is 6.42. The molecule has 1 aliphatic rings. The van der Waals surface area contributed by atoms with E-state index < -0.39 is 17.7 Å². The number of methoxy groups -OCH3 is 1. The summed E-state index contributed by atoms with van der Waals surface area (Å²) in [5, 5.41) is 8.76. The number of carbonyl (C=O) groups excluding carboxylic acids is 3. The second-order valence-electron chi connectivity index (χ2n) is 9.02. The van der Waals surface area contributed by atoms with Crippen molar-refractivity contribution in [2.24, 2.45) is 11.8 Å². The smallest absolute Gasteiger partial charge is 0.254 e. The summed E-state index contributed by atoms with van der Waals surface area (Å²) < 4.78 is 24.5. The molecule has 9 nitrogen and oxygen atoms in total. The van der Waals surface area contributed by atoms with Gasteiger partial charge in [0.15, 0.2) is 0 Å². The molecule has 2 atom stereocenters. The van der Waals surface area contributed by atoms with Gasteiger partial charge >= 0.3 is 0 Å². The highest BCUT2D eigenvalue weighted by Crippen LogP contribution is 2.40. The van der Waals surface area contributed by atoms with Gasteiger partial charge in [-0.3, -0.25) is 19.4 Å². The first-order chi connectivity index (χ1) is 18.9. The van der Waals surface area contributed by atoms with E-state index in [4.69, 9.17) is 9.47 Å². The van der Waals surface area contributed by atoms with Crippen molar-refractivity contribution in [3.05, 3.63) is 84.3 Å². The number of ether oxygens (including phenoxy) is 2. The van der Waals surface area contributed by atoms with E-state index >= 15 is 0 Å². The Hall–Kier alpha value is -4.99. The van der Waals surface area contributed by atoms with Crippen molar-refractivity contribution in [3.8, 4) is 17.2 Å². The van der Waals surface area contributed by atoms with Crippen LogP contribution in [0.2, 0.25) is 0 Å². The summed E-state index contributed by atoms with van der Waals surface area (Å²) in [4.78, 5) is 41.7. The van der Waals surface area contributed by atoms with Gasteiger partial charge in [0.2, 0.25) is 11.8 Å². The van der Waals surface area contributed by atoms with Crippen LogP contribution in [0.3, 0.4) is 0 Å². The zero-order chi connectivity index (χ0) is 27.5. The Labute approximate surface area is 223 Å². The van der Waals surface area contributed by atoms with E-state index in [-0.39, 0.29) is 17.7 Å². The van der Waals surface area contributed by atoms with E-state index in [0.29, 0.717) is 51.5 Å². The molecule has 3 aromatic carbocycles. The number of nitrogens with zero attached hydrogens (tertiary/aromatic N) is 1. The van der Waals surface area contributed by atoms with Crippen LogP contribution in [-0.2, 0) is 9.59 Å². The van der Waals surface area contributed by atoms with Crippen molar-refractivity contribution < 1.29 is 28.2 Å². The molecule has 0 spiro atoms. The lowest BCUT2D eigenvalue weighted by Crippen LogP contribution is -2.20. The highest BCUT2D eigenvalue weighted by atomic mass is 19.1. The lowest BCUT2D eigenvalue weighted by molar-refractivity contribution is -0.122. The Balaban J connectivity index is 1.23. The molecule has 0 saturated heterocycles. The summed E-state index contributed by atoms with van der Waals surface area (Å²) in [6, 6.07) is 17.3. The third-order valence-corrected chi connectivity index (χ3v) is 6.42. The molecule has 5 rings (SSSR count). The minimum Gasteiger partial charge on any atom is -0.496 e. The molecule has 3 N–H and O–H groups in total. The quantitative estimate of drug-likeness (QED) is 0.304. The van der Waals surface area contributed by atoms with E-state index in [0.717, 1.165) is 0 Å². The number of nitrogens with one attached hydrogen (secondary N) is 3. The normalized spacial score (nSPS) is 15.8. The molecule has 198 valence electrons. The molecule has 2 unspecified atom stereocenters. The summed E-state index contributed by atoms with van der Waals surface area (Å²) in [5.74, 6) is -0.665. The van der Waals surface area contributed by atoms with Gasteiger partial charge in [-0.25, -0.2) is 4.39 Å². The maximum absolute atomic E-state index is 13.1. The molecule has 1 saturated carbocycles. The summed E-state index contributed by atoms with van der Waals surface area (Å²) in [6.45, 7) is 0. The molecule has 1 heterocycles. The molecule has 3 amide bonds. The van der Waals surface area contributed by atoms with Crippen molar-refractivity contribution in [1.82, 2.24) is 10.3 Å². The SMILES string of the molecule is CNC(=O)c1cc2c(Oc3ccc(NC(=O)C4CC4C(=O)Nc4ccc(F)cc4)cc3)ccnc2cc1OC. The van der Waals surface area contributed by atoms with Gasteiger partial charge in [-0.15, -0.1) is 0 Å². The maximum atomic E-state index is 13.1. The number of pyridine rings is 1. The van der Waals surface area contributed by atoms with Crippen molar-refractivity contribution in [2.45, 2.75) is 6.42 Å². The first kappa shape index (κ1) is 25.7. The van der Waals surface area contributed by atoms with Crippen LogP contribution in [0, 0.1) is 17.7 Å². The van der Waals surface area contributed by atoms with E-state index in [1.54, 1.807) is 55.7 Å². The number of halogens is 1. The number of anilines is 2. The highest BCUT2D eigenvalue weighted by Gasteiger charge is 2.48. The molecule has 0 bridgehead atoms.